The zero-order valence-corrected chi connectivity index (χ0v) is 20.2. The van der Waals surface area contributed by atoms with E-state index in [1.807, 2.05) is 14.0 Å². The first-order valence-corrected chi connectivity index (χ1v) is 12.9. The number of piperazine rings is 1. The van der Waals surface area contributed by atoms with Crippen LogP contribution in [-0.2, 0) is 10.0 Å². The summed E-state index contributed by atoms with van der Waals surface area (Å²) in [7, 11) is -1.56. The van der Waals surface area contributed by atoms with Crippen LogP contribution in [0.5, 0.6) is 0 Å². The van der Waals surface area contributed by atoms with Gasteiger partial charge in [-0.15, -0.1) is 11.3 Å². The van der Waals surface area contributed by atoms with E-state index in [9.17, 15) is 12.8 Å². The van der Waals surface area contributed by atoms with Crippen LogP contribution < -0.4 is 0 Å². The highest BCUT2D eigenvalue weighted by Gasteiger charge is 2.35. The van der Waals surface area contributed by atoms with E-state index in [0.29, 0.717) is 19.6 Å². The molecule has 1 aliphatic rings. The van der Waals surface area contributed by atoms with Gasteiger partial charge >= 0.3 is 0 Å². The van der Waals surface area contributed by atoms with Crippen LogP contribution in [0.2, 0.25) is 0 Å². The SMILES string of the molecule is Cc1ncc(S(=O)(=O)N2CCN(C)C(c3cc4cnn(-c5ccc(F)cc5)c4cc3C)C2)s1.[HH]. The van der Waals surface area contributed by atoms with E-state index in [2.05, 4.69) is 27.1 Å². The Morgan fingerprint density at radius 2 is 1.88 bits per heavy atom. The molecule has 2 aromatic heterocycles. The van der Waals surface area contributed by atoms with Gasteiger partial charge in [0.2, 0.25) is 0 Å². The van der Waals surface area contributed by atoms with Gasteiger partial charge in [-0.3, -0.25) is 4.90 Å². The van der Waals surface area contributed by atoms with Crippen molar-refractivity contribution in [1.29, 1.82) is 0 Å². The normalized spacial score (nSPS) is 18.2. The molecule has 0 bridgehead atoms. The van der Waals surface area contributed by atoms with Gasteiger partial charge in [0, 0.05) is 32.5 Å². The fourth-order valence-electron chi connectivity index (χ4n) is 4.33. The van der Waals surface area contributed by atoms with Crippen molar-refractivity contribution < 1.29 is 14.2 Å². The van der Waals surface area contributed by atoms with E-state index >= 15 is 0 Å². The second kappa shape index (κ2) is 8.28. The molecule has 3 heterocycles. The zero-order chi connectivity index (χ0) is 23.3. The second-order valence-electron chi connectivity index (χ2n) is 8.36. The van der Waals surface area contributed by atoms with Crippen molar-refractivity contribution in [3.63, 3.8) is 0 Å². The van der Waals surface area contributed by atoms with E-state index in [1.54, 1.807) is 34.2 Å². The first kappa shape index (κ1) is 22.1. The first-order chi connectivity index (χ1) is 15.7. The predicted octanol–water partition coefficient (Wildman–Crippen LogP) is 4.16. The summed E-state index contributed by atoms with van der Waals surface area (Å²) in [4.78, 5) is 6.32. The molecule has 0 spiro atoms. The lowest BCUT2D eigenvalue weighted by Gasteiger charge is -2.39. The van der Waals surface area contributed by atoms with Crippen LogP contribution in [0, 0.1) is 19.7 Å². The van der Waals surface area contributed by atoms with Gasteiger partial charge in [-0.1, -0.05) is 0 Å². The lowest BCUT2D eigenvalue weighted by molar-refractivity contribution is 0.148. The lowest BCUT2D eigenvalue weighted by Crippen LogP contribution is -2.48. The van der Waals surface area contributed by atoms with Gasteiger partial charge in [0.1, 0.15) is 5.82 Å². The fraction of sp³-hybridized carbons (Fsp3) is 0.304. The molecule has 33 heavy (non-hydrogen) atoms. The molecule has 0 N–H and O–H groups in total. The average molecular weight is 488 g/mol. The number of fused-ring (bicyclic) bond motifs is 1. The Hall–Kier alpha value is -2.66. The first-order valence-electron chi connectivity index (χ1n) is 10.6. The number of nitrogens with zero attached hydrogens (tertiary/aromatic N) is 5. The minimum atomic E-state index is -3.58. The maximum Gasteiger partial charge on any atom is 0.254 e. The van der Waals surface area contributed by atoms with Crippen molar-refractivity contribution in [3.8, 4) is 5.69 Å². The molecular formula is C23H26FN5O2S2. The predicted molar refractivity (Wildman–Crippen MR) is 129 cm³/mol. The number of benzene rings is 2. The molecule has 4 aromatic rings. The Bertz CT molecular complexity index is 1440. The van der Waals surface area contributed by atoms with E-state index in [0.717, 1.165) is 32.7 Å². The highest BCUT2D eigenvalue weighted by Crippen LogP contribution is 2.33. The third kappa shape index (κ3) is 3.97. The molecule has 0 radical (unpaired) electrons. The van der Waals surface area contributed by atoms with E-state index in [1.165, 1.54) is 29.7 Å². The molecule has 1 aliphatic heterocycles. The number of hydrogen-bond donors (Lipinski definition) is 0. The van der Waals surface area contributed by atoms with Crippen molar-refractivity contribution in [2.75, 3.05) is 26.7 Å². The van der Waals surface area contributed by atoms with Crippen molar-refractivity contribution in [3.05, 3.63) is 70.7 Å². The molecule has 2 aromatic carbocycles. The van der Waals surface area contributed by atoms with Crippen molar-refractivity contribution in [2.24, 2.45) is 0 Å². The minimum absolute atomic E-state index is 0. The van der Waals surface area contributed by atoms with Crippen molar-refractivity contribution >= 4 is 32.3 Å². The number of aromatic nitrogens is 3. The Labute approximate surface area is 197 Å². The largest absolute Gasteiger partial charge is 0.297 e. The highest BCUT2D eigenvalue weighted by atomic mass is 32.2. The molecule has 0 aliphatic carbocycles. The summed E-state index contributed by atoms with van der Waals surface area (Å²) in [6.07, 6.45) is 3.24. The van der Waals surface area contributed by atoms with Crippen LogP contribution in [0.4, 0.5) is 4.39 Å². The van der Waals surface area contributed by atoms with Crippen LogP contribution in [0.3, 0.4) is 0 Å². The maximum absolute atomic E-state index is 13.3. The number of hydrogen-bond acceptors (Lipinski definition) is 6. The highest BCUT2D eigenvalue weighted by molar-refractivity contribution is 7.91. The number of likely N-dealkylation sites (N-methyl/N-ethyl adjacent to an activating group) is 1. The topological polar surface area (TPSA) is 71.3 Å². The van der Waals surface area contributed by atoms with Crippen molar-refractivity contribution in [2.45, 2.75) is 24.1 Å². The van der Waals surface area contributed by atoms with E-state index in [-0.39, 0.29) is 17.5 Å². The van der Waals surface area contributed by atoms with Crippen LogP contribution in [0.25, 0.3) is 16.6 Å². The fourth-order valence-corrected chi connectivity index (χ4v) is 7.04. The van der Waals surface area contributed by atoms with Crippen LogP contribution in [0.1, 0.15) is 23.6 Å². The number of sulfonamides is 1. The maximum atomic E-state index is 13.3. The number of halogens is 1. The summed E-state index contributed by atoms with van der Waals surface area (Å²) in [5.74, 6) is -0.290. The van der Waals surface area contributed by atoms with Gasteiger partial charge in [0.05, 0.1) is 28.6 Å². The summed E-state index contributed by atoms with van der Waals surface area (Å²) < 4.78 is 43.4. The molecule has 1 fully saturated rings. The quantitative estimate of drug-likeness (QED) is 0.432. The number of thiazole rings is 1. The van der Waals surface area contributed by atoms with Crippen LogP contribution in [-0.4, -0.2) is 59.1 Å². The summed E-state index contributed by atoms with van der Waals surface area (Å²) in [6.45, 7) is 5.28. The molecule has 0 saturated carbocycles. The molecule has 1 saturated heterocycles. The van der Waals surface area contributed by atoms with Crippen LogP contribution >= 0.6 is 11.3 Å². The zero-order valence-electron chi connectivity index (χ0n) is 18.6. The van der Waals surface area contributed by atoms with Gasteiger partial charge in [0.15, 0.2) is 4.21 Å². The Morgan fingerprint density at radius 1 is 1.12 bits per heavy atom. The summed E-state index contributed by atoms with van der Waals surface area (Å²) in [5.41, 5.74) is 3.83. The molecule has 10 heteroatoms. The van der Waals surface area contributed by atoms with Gasteiger partial charge in [0.25, 0.3) is 10.0 Å². The molecule has 174 valence electrons. The summed E-state index contributed by atoms with van der Waals surface area (Å²) in [6, 6.07) is 10.3. The second-order valence-corrected chi connectivity index (χ2v) is 11.8. The number of rotatable bonds is 4. The van der Waals surface area contributed by atoms with Crippen molar-refractivity contribution in [1.82, 2.24) is 24.0 Å². The molecule has 5 rings (SSSR count). The molecule has 1 atom stereocenters. The lowest BCUT2D eigenvalue weighted by atomic mass is 9.97. The van der Waals surface area contributed by atoms with E-state index in [4.69, 9.17) is 0 Å². The monoisotopic (exact) mass is 487 g/mol. The Kier molecular flexibility index (Phi) is 5.56. The van der Waals surface area contributed by atoms with Crippen LogP contribution in [0.15, 0.2) is 53.0 Å². The Morgan fingerprint density at radius 3 is 2.58 bits per heavy atom. The third-order valence-electron chi connectivity index (χ3n) is 6.19. The third-order valence-corrected chi connectivity index (χ3v) is 9.41. The Balaban J connectivity index is 0.00000274. The van der Waals surface area contributed by atoms with Gasteiger partial charge in [-0.2, -0.15) is 9.40 Å². The van der Waals surface area contributed by atoms with Gasteiger partial charge < -0.3 is 0 Å². The van der Waals surface area contributed by atoms with Gasteiger partial charge in [-0.25, -0.2) is 22.5 Å². The summed E-state index contributed by atoms with van der Waals surface area (Å²) >= 11 is 1.20. The number of aryl methyl sites for hydroxylation is 2. The molecule has 0 amide bonds. The molecule has 1 unspecified atom stereocenters. The summed E-state index contributed by atoms with van der Waals surface area (Å²) in [5, 5.41) is 6.19. The molecular weight excluding hydrogens is 461 g/mol. The minimum Gasteiger partial charge on any atom is -0.297 e. The molecule has 7 nitrogen and oxygen atoms in total. The standard InChI is InChI=1S/C23H24FN5O2S2.H2/c1-15-10-21-17(12-26-29(21)19-6-4-18(24)5-7-19)11-20(15)22-14-28(9-8-27(22)3)33(30,31)23-13-25-16(2)32-23;/h4-7,10-13,22H,8-9,14H2,1-3H3;1H. The van der Waals surface area contributed by atoms with E-state index < -0.39 is 10.0 Å². The average Bonchev–Trinajstić information content (AvgIpc) is 3.40. The smallest absolute Gasteiger partial charge is 0.254 e. The van der Waals surface area contributed by atoms with Gasteiger partial charge in [-0.05, 0) is 68.4 Å².